The molecule has 20 heavy (non-hydrogen) atoms. The molecule has 4 nitrogen and oxygen atoms in total. The number of hydrogen-bond donors (Lipinski definition) is 0. The minimum absolute atomic E-state index is 0.124. The SMILES string of the molecule is COC1(C(C)C)Cc2c(c3cccc(C)c3oc2=O)O1. The first-order chi connectivity index (χ1) is 9.48. The number of para-hydroxylation sites is 1. The monoisotopic (exact) mass is 274 g/mol. The van der Waals surface area contributed by atoms with Crippen LogP contribution >= 0.6 is 0 Å². The lowest BCUT2D eigenvalue weighted by molar-refractivity contribution is -0.179. The van der Waals surface area contributed by atoms with Gasteiger partial charge in [-0.1, -0.05) is 26.0 Å². The van der Waals surface area contributed by atoms with Crippen LogP contribution in [0.3, 0.4) is 0 Å². The Hall–Kier alpha value is -1.81. The summed E-state index contributed by atoms with van der Waals surface area (Å²) in [7, 11) is 1.61. The molecule has 0 fully saturated rings. The van der Waals surface area contributed by atoms with Gasteiger partial charge in [0.1, 0.15) is 11.3 Å². The number of ether oxygens (including phenoxy) is 2. The molecule has 0 saturated carbocycles. The average Bonchev–Trinajstić information content (AvgIpc) is 2.82. The average molecular weight is 274 g/mol. The van der Waals surface area contributed by atoms with Crippen LogP contribution < -0.4 is 10.4 Å². The van der Waals surface area contributed by atoms with Crippen molar-refractivity contribution in [3.63, 3.8) is 0 Å². The summed E-state index contributed by atoms with van der Waals surface area (Å²) in [6.45, 7) is 5.95. The summed E-state index contributed by atoms with van der Waals surface area (Å²) < 4.78 is 17.1. The lowest BCUT2D eigenvalue weighted by Crippen LogP contribution is -2.42. The van der Waals surface area contributed by atoms with Gasteiger partial charge in [-0.3, -0.25) is 0 Å². The van der Waals surface area contributed by atoms with Crippen LogP contribution in [0.25, 0.3) is 11.0 Å². The van der Waals surface area contributed by atoms with E-state index in [0.717, 1.165) is 10.9 Å². The van der Waals surface area contributed by atoms with Gasteiger partial charge in [0.05, 0.1) is 10.9 Å². The van der Waals surface area contributed by atoms with Crippen molar-refractivity contribution in [2.75, 3.05) is 7.11 Å². The highest BCUT2D eigenvalue weighted by molar-refractivity contribution is 5.87. The molecule has 1 aliphatic heterocycles. The molecule has 2 aromatic rings. The van der Waals surface area contributed by atoms with Gasteiger partial charge >= 0.3 is 5.63 Å². The van der Waals surface area contributed by atoms with Gasteiger partial charge < -0.3 is 13.9 Å². The zero-order valence-corrected chi connectivity index (χ0v) is 12.1. The van der Waals surface area contributed by atoms with Crippen LogP contribution in [-0.4, -0.2) is 12.9 Å². The van der Waals surface area contributed by atoms with Crippen molar-refractivity contribution in [2.45, 2.75) is 33.0 Å². The molecular formula is C16H18O4. The van der Waals surface area contributed by atoms with Crippen molar-refractivity contribution in [1.82, 2.24) is 0 Å². The molecule has 0 aliphatic carbocycles. The predicted octanol–water partition coefficient (Wildman–Crippen LogP) is 3.04. The quantitative estimate of drug-likeness (QED) is 0.790. The zero-order valence-electron chi connectivity index (χ0n) is 12.1. The fourth-order valence-electron chi connectivity index (χ4n) is 2.77. The Bertz CT molecular complexity index is 729. The van der Waals surface area contributed by atoms with Crippen LogP contribution in [-0.2, 0) is 11.2 Å². The van der Waals surface area contributed by atoms with E-state index in [-0.39, 0.29) is 11.5 Å². The lowest BCUT2D eigenvalue weighted by Gasteiger charge is -2.30. The molecule has 0 amide bonds. The van der Waals surface area contributed by atoms with Gasteiger partial charge in [0.25, 0.3) is 0 Å². The van der Waals surface area contributed by atoms with Crippen LogP contribution in [0.15, 0.2) is 27.4 Å². The summed E-state index contributed by atoms with van der Waals surface area (Å²) in [5.41, 5.74) is 1.75. The molecule has 1 aromatic carbocycles. The summed E-state index contributed by atoms with van der Waals surface area (Å²) in [6.07, 6.45) is 0.419. The number of aryl methyl sites for hydroxylation is 1. The second-order valence-corrected chi connectivity index (χ2v) is 5.60. The van der Waals surface area contributed by atoms with Gasteiger partial charge in [-0.05, 0) is 18.6 Å². The number of fused-ring (bicyclic) bond motifs is 3. The van der Waals surface area contributed by atoms with Gasteiger partial charge in [-0.15, -0.1) is 0 Å². The molecular weight excluding hydrogens is 256 g/mol. The largest absolute Gasteiger partial charge is 0.460 e. The summed E-state index contributed by atoms with van der Waals surface area (Å²) in [6, 6.07) is 5.76. The Labute approximate surface area is 117 Å². The van der Waals surface area contributed by atoms with E-state index in [2.05, 4.69) is 0 Å². The van der Waals surface area contributed by atoms with Crippen LogP contribution in [0.5, 0.6) is 5.75 Å². The van der Waals surface area contributed by atoms with Crippen molar-refractivity contribution in [3.8, 4) is 5.75 Å². The maximum atomic E-state index is 12.2. The minimum Gasteiger partial charge on any atom is -0.460 e. The number of methoxy groups -OCH3 is 1. The van der Waals surface area contributed by atoms with E-state index in [1.165, 1.54) is 0 Å². The van der Waals surface area contributed by atoms with E-state index in [9.17, 15) is 4.79 Å². The Morgan fingerprint density at radius 2 is 2.10 bits per heavy atom. The molecule has 1 aromatic heterocycles. The number of hydrogen-bond acceptors (Lipinski definition) is 4. The van der Waals surface area contributed by atoms with E-state index in [4.69, 9.17) is 13.9 Å². The Morgan fingerprint density at radius 3 is 2.75 bits per heavy atom. The molecule has 1 aliphatic rings. The molecule has 0 N–H and O–H groups in total. The van der Waals surface area contributed by atoms with Gasteiger partial charge in [0, 0.05) is 19.4 Å². The topological polar surface area (TPSA) is 48.7 Å². The first-order valence-corrected chi connectivity index (χ1v) is 6.78. The fourth-order valence-corrected chi connectivity index (χ4v) is 2.77. The zero-order chi connectivity index (χ0) is 14.5. The first kappa shape index (κ1) is 13.2. The highest BCUT2D eigenvalue weighted by atomic mass is 16.7. The van der Waals surface area contributed by atoms with E-state index >= 15 is 0 Å². The third-order valence-corrected chi connectivity index (χ3v) is 4.09. The Morgan fingerprint density at radius 1 is 1.35 bits per heavy atom. The highest BCUT2D eigenvalue weighted by Gasteiger charge is 2.45. The van der Waals surface area contributed by atoms with Gasteiger partial charge in [-0.25, -0.2) is 4.79 Å². The van der Waals surface area contributed by atoms with Crippen LogP contribution in [0.1, 0.15) is 25.0 Å². The molecule has 2 heterocycles. The fraction of sp³-hybridized carbons (Fsp3) is 0.438. The molecule has 0 bridgehead atoms. The second-order valence-electron chi connectivity index (χ2n) is 5.60. The second kappa shape index (κ2) is 4.35. The first-order valence-electron chi connectivity index (χ1n) is 6.78. The van der Waals surface area contributed by atoms with Crippen molar-refractivity contribution in [3.05, 3.63) is 39.7 Å². The number of benzene rings is 1. The molecule has 0 radical (unpaired) electrons. The third-order valence-electron chi connectivity index (χ3n) is 4.09. The predicted molar refractivity (Wildman–Crippen MR) is 76.1 cm³/mol. The van der Waals surface area contributed by atoms with E-state index < -0.39 is 5.79 Å². The standard InChI is InChI=1S/C16H18O4/c1-9(2)16(18-4)8-12-14(20-16)11-7-5-6-10(3)13(11)19-15(12)17/h5-7,9H,8H2,1-4H3. The van der Waals surface area contributed by atoms with Crippen LogP contribution in [0.2, 0.25) is 0 Å². The van der Waals surface area contributed by atoms with Crippen molar-refractivity contribution >= 4 is 11.0 Å². The van der Waals surface area contributed by atoms with Crippen molar-refractivity contribution in [2.24, 2.45) is 5.92 Å². The van der Waals surface area contributed by atoms with Crippen molar-refractivity contribution in [1.29, 1.82) is 0 Å². The maximum Gasteiger partial charge on any atom is 0.343 e. The molecule has 1 atom stereocenters. The Kier molecular flexibility index (Phi) is 2.87. The Balaban J connectivity index is 2.28. The van der Waals surface area contributed by atoms with Gasteiger partial charge in [0.2, 0.25) is 5.79 Å². The molecule has 1 unspecified atom stereocenters. The smallest absolute Gasteiger partial charge is 0.343 e. The summed E-state index contributed by atoms with van der Waals surface area (Å²) in [5.74, 6) is -0.0515. The molecule has 4 heteroatoms. The summed E-state index contributed by atoms with van der Waals surface area (Å²) in [5, 5.41) is 0.833. The van der Waals surface area contributed by atoms with E-state index in [0.29, 0.717) is 23.3 Å². The highest BCUT2D eigenvalue weighted by Crippen LogP contribution is 2.42. The van der Waals surface area contributed by atoms with Gasteiger partial charge in [0.15, 0.2) is 0 Å². The van der Waals surface area contributed by atoms with Crippen LogP contribution in [0.4, 0.5) is 0 Å². The maximum absolute atomic E-state index is 12.2. The van der Waals surface area contributed by atoms with E-state index in [1.54, 1.807) is 7.11 Å². The third kappa shape index (κ3) is 1.68. The van der Waals surface area contributed by atoms with E-state index in [1.807, 2.05) is 39.0 Å². The minimum atomic E-state index is -0.783. The molecule has 0 spiro atoms. The lowest BCUT2D eigenvalue weighted by atomic mass is 9.97. The van der Waals surface area contributed by atoms with Gasteiger partial charge in [-0.2, -0.15) is 0 Å². The molecule has 0 saturated heterocycles. The summed E-state index contributed by atoms with van der Waals surface area (Å²) in [4.78, 5) is 12.2. The molecule has 3 rings (SSSR count). The number of rotatable bonds is 2. The van der Waals surface area contributed by atoms with Crippen LogP contribution in [0, 0.1) is 12.8 Å². The summed E-state index contributed by atoms with van der Waals surface area (Å²) >= 11 is 0. The normalized spacial score (nSPS) is 21.2. The van der Waals surface area contributed by atoms with Crippen molar-refractivity contribution < 1.29 is 13.9 Å². The molecule has 106 valence electrons.